The summed E-state index contributed by atoms with van der Waals surface area (Å²) in [6.07, 6.45) is 3.38. The first-order valence-electron chi connectivity index (χ1n) is 4.93. The van der Waals surface area contributed by atoms with Crippen LogP contribution in [0, 0.1) is 6.92 Å². The van der Waals surface area contributed by atoms with Gasteiger partial charge in [0, 0.05) is 13.6 Å². The summed E-state index contributed by atoms with van der Waals surface area (Å²) in [5, 5.41) is 7.72. The largest absolute Gasteiger partial charge is 0.311 e. The van der Waals surface area contributed by atoms with Crippen LogP contribution in [0.3, 0.4) is 0 Å². The zero-order valence-electron chi connectivity index (χ0n) is 9.21. The molecular weight excluding hydrogens is 194 g/mol. The summed E-state index contributed by atoms with van der Waals surface area (Å²) in [5.74, 6) is 1.23. The van der Waals surface area contributed by atoms with Crippen molar-refractivity contribution in [1.82, 2.24) is 15.1 Å². The maximum absolute atomic E-state index is 4.30. The van der Waals surface area contributed by atoms with E-state index in [0.29, 0.717) is 0 Å². The number of aryl methyl sites for hydroxylation is 2. The standard InChI is InChI=1S/C10H19N3S/c1-9-7-10(13(2)12-9)8-11-5-4-6-14-3/h7,11H,4-6,8H2,1-3H3. The normalized spacial score (nSPS) is 10.8. The molecule has 80 valence electrons. The second-order valence-electron chi connectivity index (χ2n) is 3.42. The molecule has 0 amide bonds. The van der Waals surface area contributed by atoms with E-state index in [9.17, 15) is 0 Å². The monoisotopic (exact) mass is 213 g/mol. The van der Waals surface area contributed by atoms with E-state index in [0.717, 1.165) is 18.8 Å². The van der Waals surface area contributed by atoms with Crippen molar-refractivity contribution in [2.45, 2.75) is 19.9 Å². The maximum Gasteiger partial charge on any atom is 0.0597 e. The van der Waals surface area contributed by atoms with Crippen LogP contribution in [0.2, 0.25) is 0 Å². The topological polar surface area (TPSA) is 29.9 Å². The van der Waals surface area contributed by atoms with E-state index in [1.54, 1.807) is 0 Å². The zero-order valence-corrected chi connectivity index (χ0v) is 10.0. The van der Waals surface area contributed by atoms with Gasteiger partial charge in [-0.25, -0.2) is 0 Å². The van der Waals surface area contributed by atoms with E-state index in [4.69, 9.17) is 0 Å². The molecule has 1 aromatic heterocycles. The molecule has 0 spiro atoms. The third-order valence-corrected chi connectivity index (χ3v) is 2.80. The van der Waals surface area contributed by atoms with Crippen LogP contribution in [-0.4, -0.2) is 28.3 Å². The highest BCUT2D eigenvalue weighted by molar-refractivity contribution is 7.98. The van der Waals surface area contributed by atoms with Gasteiger partial charge in [0.05, 0.1) is 11.4 Å². The second kappa shape index (κ2) is 6.09. The molecule has 0 aromatic carbocycles. The molecule has 0 unspecified atom stereocenters. The van der Waals surface area contributed by atoms with Gasteiger partial charge in [-0.15, -0.1) is 0 Å². The minimum absolute atomic E-state index is 0.922. The van der Waals surface area contributed by atoms with E-state index in [2.05, 4.69) is 22.7 Å². The Balaban J connectivity index is 2.21. The molecule has 14 heavy (non-hydrogen) atoms. The van der Waals surface area contributed by atoms with E-state index in [-0.39, 0.29) is 0 Å². The highest BCUT2D eigenvalue weighted by Crippen LogP contribution is 2.01. The molecule has 0 bridgehead atoms. The molecule has 0 atom stereocenters. The Morgan fingerprint density at radius 1 is 1.57 bits per heavy atom. The third-order valence-electron chi connectivity index (χ3n) is 2.11. The van der Waals surface area contributed by atoms with Crippen LogP contribution in [-0.2, 0) is 13.6 Å². The quantitative estimate of drug-likeness (QED) is 0.728. The Morgan fingerprint density at radius 3 is 2.93 bits per heavy atom. The molecule has 0 saturated carbocycles. The molecule has 1 heterocycles. The zero-order chi connectivity index (χ0) is 10.4. The fourth-order valence-corrected chi connectivity index (χ4v) is 1.82. The minimum Gasteiger partial charge on any atom is -0.311 e. The van der Waals surface area contributed by atoms with Gasteiger partial charge in [0.1, 0.15) is 0 Å². The number of hydrogen-bond acceptors (Lipinski definition) is 3. The van der Waals surface area contributed by atoms with Gasteiger partial charge in [-0.05, 0) is 38.0 Å². The van der Waals surface area contributed by atoms with Crippen LogP contribution in [0.15, 0.2) is 6.07 Å². The summed E-state index contributed by atoms with van der Waals surface area (Å²) in [6, 6.07) is 2.13. The first-order valence-corrected chi connectivity index (χ1v) is 6.32. The van der Waals surface area contributed by atoms with Crippen LogP contribution < -0.4 is 5.32 Å². The van der Waals surface area contributed by atoms with Crippen molar-refractivity contribution in [3.63, 3.8) is 0 Å². The van der Waals surface area contributed by atoms with Crippen LogP contribution >= 0.6 is 11.8 Å². The maximum atomic E-state index is 4.30. The van der Waals surface area contributed by atoms with Crippen LogP contribution in [0.1, 0.15) is 17.8 Å². The van der Waals surface area contributed by atoms with Gasteiger partial charge < -0.3 is 5.32 Å². The lowest BCUT2D eigenvalue weighted by Crippen LogP contribution is -2.17. The molecule has 0 aliphatic rings. The first kappa shape index (κ1) is 11.6. The highest BCUT2D eigenvalue weighted by atomic mass is 32.2. The molecule has 0 aliphatic carbocycles. The fraction of sp³-hybridized carbons (Fsp3) is 0.700. The Hall–Kier alpha value is -0.480. The molecule has 1 N–H and O–H groups in total. The Labute approximate surface area is 90.3 Å². The number of nitrogens with zero attached hydrogens (tertiary/aromatic N) is 2. The number of rotatable bonds is 6. The summed E-state index contributed by atoms with van der Waals surface area (Å²) in [7, 11) is 1.99. The Morgan fingerprint density at radius 2 is 2.36 bits per heavy atom. The Bertz CT molecular complexity index is 270. The average Bonchev–Trinajstić information content (AvgIpc) is 2.45. The van der Waals surface area contributed by atoms with Gasteiger partial charge in [-0.1, -0.05) is 0 Å². The number of thioether (sulfide) groups is 1. The van der Waals surface area contributed by atoms with Gasteiger partial charge in [0.2, 0.25) is 0 Å². The summed E-state index contributed by atoms with van der Waals surface area (Å²) < 4.78 is 1.94. The fourth-order valence-electron chi connectivity index (χ4n) is 1.39. The van der Waals surface area contributed by atoms with Gasteiger partial charge in [-0.3, -0.25) is 4.68 Å². The molecule has 1 aromatic rings. The number of aromatic nitrogens is 2. The summed E-state index contributed by atoms with van der Waals surface area (Å²) in [4.78, 5) is 0. The van der Waals surface area contributed by atoms with Crippen molar-refractivity contribution >= 4 is 11.8 Å². The van der Waals surface area contributed by atoms with Crippen molar-refractivity contribution in [3.05, 3.63) is 17.5 Å². The Kier molecular flexibility index (Phi) is 5.04. The predicted octanol–water partition coefficient (Wildman–Crippen LogP) is 1.57. The highest BCUT2D eigenvalue weighted by Gasteiger charge is 2.00. The SMILES string of the molecule is CSCCCNCc1cc(C)nn1C. The second-order valence-corrected chi connectivity index (χ2v) is 4.41. The summed E-state index contributed by atoms with van der Waals surface area (Å²) in [5.41, 5.74) is 2.35. The molecule has 4 heteroatoms. The van der Waals surface area contributed by atoms with Gasteiger partial charge in [0.25, 0.3) is 0 Å². The minimum atomic E-state index is 0.922. The van der Waals surface area contributed by atoms with Gasteiger partial charge in [0.15, 0.2) is 0 Å². The lowest BCUT2D eigenvalue weighted by molar-refractivity contribution is 0.620. The van der Waals surface area contributed by atoms with E-state index < -0.39 is 0 Å². The lowest BCUT2D eigenvalue weighted by atomic mass is 10.3. The van der Waals surface area contributed by atoms with Crippen LogP contribution in [0.5, 0.6) is 0 Å². The third kappa shape index (κ3) is 3.72. The number of hydrogen-bond donors (Lipinski definition) is 1. The van der Waals surface area contributed by atoms with Crippen LogP contribution in [0.4, 0.5) is 0 Å². The van der Waals surface area contributed by atoms with Crippen molar-refractivity contribution in [1.29, 1.82) is 0 Å². The van der Waals surface area contributed by atoms with E-state index in [1.165, 1.54) is 17.9 Å². The van der Waals surface area contributed by atoms with Crippen molar-refractivity contribution in [2.75, 3.05) is 18.6 Å². The summed E-state index contributed by atoms with van der Waals surface area (Å²) >= 11 is 1.90. The lowest BCUT2D eigenvalue weighted by Gasteiger charge is -2.03. The predicted molar refractivity (Wildman–Crippen MR) is 62.7 cm³/mol. The van der Waals surface area contributed by atoms with E-state index >= 15 is 0 Å². The first-order chi connectivity index (χ1) is 6.74. The van der Waals surface area contributed by atoms with Gasteiger partial charge in [-0.2, -0.15) is 16.9 Å². The van der Waals surface area contributed by atoms with Crippen molar-refractivity contribution in [3.8, 4) is 0 Å². The molecular formula is C10H19N3S. The molecule has 0 aliphatic heterocycles. The average molecular weight is 213 g/mol. The molecule has 0 saturated heterocycles. The summed E-state index contributed by atoms with van der Waals surface area (Å²) in [6.45, 7) is 4.04. The van der Waals surface area contributed by atoms with Crippen molar-refractivity contribution in [2.24, 2.45) is 7.05 Å². The molecule has 1 rings (SSSR count). The van der Waals surface area contributed by atoms with Crippen LogP contribution in [0.25, 0.3) is 0 Å². The number of nitrogens with one attached hydrogen (secondary N) is 1. The van der Waals surface area contributed by atoms with Crippen molar-refractivity contribution < 1.29 is 0 Å². The van der Waals surface area contributed by atoms with E-state index in [1.807, 2.05) is 30.4 Å². The molecule has 0 radical (unpaired) electrons. The molecule has 3 nitrogen and oxygen atoms in total. The van der Waals surface area contributed by atoms with Gasteiger partial charge >= 0.3 is 0 Å². The smallest absolute Gasteiger partial charge is 0.0597 e. The molecule has 0 fully saturated rings.